The highest BCUT2D eigenvalue weighted by molar-refractivity contribution is 5.94. The number of nitrogens with zero attached hydrogens (tertiary/aromatic N) is 6. The Hall–Kier alpha value is -3.55. The Morgan fingerprint density at radius 3 is 2.30 bits per heavy atom. The molecule has 3 aromatic heterocycles. The van der Waals surface area contributed by atoms with Crippen molar-refractivity contribution in [1.82, 2.24) is 25.1 Å². The van der Waals surface area contributed by atoms with Crippen LogP contribution in [0, 0.1) is 0 Å². The topological polar surface area (TPSA) is 87.1 Å². The van der Waals surface area contributed by atoms with Crippen molar-refractivity contribution in [3.63, 3.8) is 0 Å². The third kappa shape index (κ3) is 4.00. The molecule has 0 unspecified atom stereocenters. The number of hydrogen-bond donors (Lipinski definition) is 1. The quantitative estimate of drug-likeness (QED) is 0.760. The summed E-state index contributed by atoms with van der Waals surface area (Å²) in [5.74, 6) is 1.49. The zero-order valence-electron chi connectivity index (χ0n) is 14.7. The lowest BCUT2D eigenvalue weighted by Crippen LogP contribution is -2.49. The molecule has 0 saturated carbocycles. The van der Waals surface area contributed by atoms with E-state index >= 15 is 0 Å². The second-order valence-corrected chi connectivity index (χ2v) is 6.16. The molecule has 1 N–H and O–H groups in total. The normalized spacial score (nSPS) is 14.1. The highest BCUT2D eigenvalue weighted by atomic mass is 16.2. The fourth-order valence-electron chi connectivity index (χ4n) is 2.96. The maximum absolute atomic E-state index is 12.5. The Morgan fingerprint density at radius 1 is 0.889 bits per heavy atom. The first-order chi connectivity index (χ1) is 13.3. The second kappa shape index (κ2) is 7.77. The lowest BCUT2D eigenvalue weighted by atomic mass is 10.2. The van der Waals surface area contributed by atoms with Crippen molar-refractivity contribution in [3.05, 3.63) is 66.7 Å². The van der Waals surface area contributed by atoms with Crippen molar-refractivity contribution in [1.29, 1.82) is 0 Å². The average Bonchev–Trinajstić information content (AvgIpc) is 2.75. The molecule has 0 radical (unpaired) electrons. The molecule has 1 amide bonds. The van der Waals surface area contributed by atoms with E-state index in [9.17, 15) is 4.79 Å². The maximum Gasteiger partial charge on any atom is 0.255 e. The molecule has 1 fully saturated rings. The molecule has 1 aliphatic heterocycles. The van der Waals surface area contributed by atoms with Gasteiger partial charge in [0.15, 0.2) is 11.6 Å². The van der Waals surface area contributed by atoms with Crippen LogP contribution < -0.4 is 10.2 Å². The number of carbonyl (C=O) groups excluding carboxylic acids is 1. The fraction of sp³-hybridized carbons (Fsp3) is 0.211. The molecule has 0 bridgehead atoms. The van der Waals surface area contributed by atoms with Crippen molar-refractivity contribution >= 4 is 23.2 Å². The summed E-state index contributed by atoms with van der Waals surface area (Å²) in [4.78, 5) is 24.5. The van der Waals surface area contributed by atoms with Gasteiger partial charge in [-0.15, -0.1) is 10.2 Å². The predicted molar refractivity (Wildman–Crippen MR) is 102 cm³/mol. The molecular formula is C19H19N7O. The standard InChI is InChI=1S/C19H19N7O/c27-19(15-3-1-7-20-13-15)26-11-9-25(10-12-26)18-6-5-17(23-24-18)22-16-4-2-8-21-14-16/h1-8,13-14H,9-12H2,(H,22,23). The molecule has 4 rings (SSSR count). The van der Waals surface area contributed by atoms with Gasteiger partial charge in [-0.3, -0.25) is 14.8 Å². The van der Waals surface area contributed by atoms with Crippen LogP contribution in [0.5, 0.6) is 0 Å². The Bertz CT molecular complexity index is 879. The van der Waals surface area contributed by atoms with Crippen LogP contribution in [0.25, 0.3) is 0 Å². The molecule has 1 saturated heterocycles. The van der Waals surface area contributed by atoms with Crippen LogP contribution in [-0.4, -0.2) is 57.2 Å². The number of anilines is 3. The second-order valence-electron chi connectivity index (χ2n) is 6.16. The number of nitrogens with one attached hydrogen (secondary N) is 1. The number of hydrogen-bond acceptors (Lipinski definition) is 7. The summed E-state index contributed by atoms with van der Waals surface area (Å²) in [5.41, 5.74) is 1.48. The van der Waals surface area contributed by atoms with Gasteiger partial charge in [0.2, 0.25) is 0 Å². The van der Waals surface area contributed by atoms with Gasteiger partial charge >= 0.3 is 0 Å². The molecule has 8 heteroatoms. The lowest BCUT2D eigenvalue weighted by molar-refractivity contribution is 0.0746. The van der Waals surface area contributed by atoms with E-state index in [1.165, 1.54) is 0 Å². The molecule has 3 aromatic rings. The van der Waals surface area contributed by atoms with Gasteiger partial charge in [0.25, 0.3) is 5.91 Å². The van der Waals surface area contributed by atoms with E-state index in [4.69, 9.17) is 0 Å². The molecule has 0 spiro atoms. The van der Waals surface area contributed by atoms with Gasteiger partial charge < -0.3 is 15.1 Å². The Morgan fingerprint density at radius 2 is 1.67 bits per heavy atom. The molecule has 27 heavy (non-hydrogen) atoms. The van der Waals surface area contributed by atoms with Gasteiger partial charge in [-0.2, -0.15) is 0 Å². The highest BCUT2D eigenvalue weighted by Gasteiger charge is 2.23. The van der Waals surface area contributed by atoms with Crippen LogP contribution in [0.1, 0.15) is 10.4 Å². The molecule has 1 aliphatic rings. The van der Waals surface area contributed by atoms with E-state index in [-0.39, 0.29) is 5.91 Å². The van der Waals surface area contributed by atoms with Crippen LogP contribution in [0.4, 0.5) is 17.3 Å². The smallest absolute Gasteiger partial charge is 0.255 e. The van der Waals surface area contributed by atoms with Gasteiger partial charge in [0.1, 0.15) is 0 Å². The van der Waals surface area contributed by atoms with E-state index in [1.54, 1.807) is 36.9 Å². The molecular weight excluding hydrogens is 342 g/mol. The summed E-state index contributed by atoms with van der Waals surface area (Å²) >= 11 is 0. The fourth-order valence-corrected chi connectivity index (χ4v) is 2.96. The van der Waals surface area contributed by atoms with Gasteiger partial charge in [-0.1, -0.05) is 0 Å². The number of carbonyl (C=O) groups is 1. The van der Waals surface area contributed by atoms with Crippen molar-refractivity contribution in [2.45, 2.75) is 0 Å². The van der Waals surface area contributed by atoms with Crippen LogP contribution in [0.3, 0.4) is 0 Å². The summed E-state index contributed by atoms with van der Waals surface area (Å²) in [5, 5.41) is 11.7. The van der Waals surface area contributed by atoms with Crippen LogP contribution in [0.15, 0.2) is 61.2 Å². The van der Waals surface area contributed by atoms with Crippen LogP contribution in [0.2, 0.25) is 0 Å². The average molecular weight is 361 g/mol. The zero-order valence-corrected chi connectivity index (χ0v) is 14.7. The first kappa shape index (κ1) is 16.9. The summed E-state index contributed by atoms with van der Waals surface area (Å²) in [6.45, 7) is 2.72. The summed E-state index contributed by atoms with van der Waals surface area (Å²) in [7, 11) is 0. The van der Waals surface area contributed by atoms with E-state index in [1.807, 2.05) is 29.2 Å². The van der Waals surface area contributed by atoms with Gasteiger partial charge in [-0.05, 0) is 36.4 Å². The molecule has 0 aromatic carbocycles. The van der Waals surface area contributed by atoms with Crippen molar-refractivity contribution in [2.75, 3.05) is 36.4 Å². The van der Waals surface area contributed by atoms with E-state index in [0.29, 0.717) is 24.5 Å². The molecule has 0 aliphatic carbocycles. The third-order valence-electron chi connectivity index (χ3n) is 4.38. The number of rotatable bonds is 4. The van der Waals surface area contributed by atoms with Crippen molar-refractivity contribution in [3.8, 4) is 0 Å². The number of pyridine rings is 2. The van der Waals surface area contributed by atoms with E-state index in [2.05, 4.69) is 30.4 Å². The highest BCUT2D eigenvalue weighted by Crippen LogP contribution is 2.17. The van der Waals surface area contributed by atoms with Crippen LogP contribution in [-0.2, 0) is 0 Å². The first-order valence-corrected chi connectivity index (χ1v) is 8.74. The van der Waals surface area contributed by atoms with E-state index in [0.717, 1.165) is 24.6 Å². The molecule has 8 nitrogen and oxygen atoms in total. The van der Waals surface area contributed by atoms with Crippen molar-refractivity contribution < 1.29 is 4.79 Å². The maximum atomic E-state index is 12.5. The first-order valence-electron chi connectivity index (χ1n) is 8.74. The molecule has 4 heterocycles. The van der Waals surface area contributed by atoms with Gasteiger partial charge in [-0.25, -0.2) is 0 Å². The zero-order chi connectivity index (χ0) is 18.5. The largest absolute Gasteiger partial charge is 0.352 e. The van der Waals surface area contributed by atoms with Gasteiger partial charge in [0.05, 0.1) is 17.4 Å². The number of amides is 1. The number of aromatic nitrogens is 4. The summed E-state index contributed by atoms with van der Waals surface area (Å²) in [6.07, 6.45) is 6.72. The van der Waals surface area contributed by atoms with Crippen LogP contribution >= 0.6 is 0 Å². The minimum absolute atomic E-state index is 0.0184. The Balaban J connectivity index is 1.35. The monoisotopic (exact) mass is 361 g/mol. The number of piperazine rings is 1. The summed E-state index contributed by atoms with van der Waals surface area (Å²) < 4.78 is 0. The Labute approximate surface area is 156 Å². The summed E-state index contributed by atoms with van der Waals surface area (Å²) in [6, 6.07) is 11.2. The minimum atomic E-state index is 0.0184. The van der Waals surface area contributed by atoms with Crippen molar-refractivity contribution in [2.24, 2.45) is 0 Å². The lowest BCUT2D eigenvalue weighted by Gasteiger charge is -2.35. The third-order valence-corrected chi connectivity index (χ3v) is 4.38. The van der Waals surface area contributed by atoms with Gasteiger partial charge in [0, 0.05) is 44.8 Å². The predicted octanol–water partition coefficient (Wildman–Crippen LogP) is 1.97. The SMILES string of the molecule is O=C(c1cccnc1)N1CCN(c2ccc(Nc3cccnc3)nn2)CC1. The van der Waals surface area contributed by atoms with E-state index < -0.39 is 0 Å². The minimum Gasteiger partial charge on any atom is -0.352 e. The Kier molecular flexibility index (Phi) is 4.86. The molecule has 0 atom stereocenters. The molecule has 136 valence electrons.